The Hall–Kier alpha value is -3.85. The molecule has 2 aliphatic heterocycles. The van der Waals surface area contributed by atoms with Crippen molar-refractivity contribution in [3.8, 4) is 11.4 Å². The molecule has 0 bridgehead atoms. The number of hydrogen-bond acceptors (Lipinski definition) is 7. The Labute approximate surface area is 214 Å². The number of halogens is 1. The third-order valence-corrected chi connectivity index (χ3v) is 7.12. The normalized spacial score (nSPS) is 23.3. The minimum atomic E-state index is -1.28. The summed E-state index contributed by atoms with van der Waals surface area (Å²) in [6, 6.07) is 11.9. The molecule has 2 fully saturated rings. The fourth-order valence-corrected chi connectivity index (χ4v) is 5.08. The van der Waals surface area contributed by atoms with E-state index in [1.807, 2.05) is 53.8 Å². The zero-order valence-electron chi connectivity index (χ0n) is 21.0. The molecule has 0 radical (unpaired) electrons. The van der Waals surface area contributed by atoms with E-state index in [0.29, 0.717) is 30.3 Å². The zero-order valence-corrected chi connectivity index (χ0v) is 21.0. The Kier molecular flexibility index (Phi) is 5.49. The predicted molar refractivity (Wildman–Crippen MR) is 135 cm³/mol. The number of aliphatic hydroxyl groups is 1. The van der Waals surface area contributed by atoms with Crippen LogP contribution in [0, 0.1) is 12.7 Å². The van der Waals surface area contributed by atoms with Gasteiger partial charge in [-0.15, -0.1) is 0 Å². The van der Waals surface area contributed by atoms with E-state index in [4.69, 9.17) is 14.3 Å². The molecule has 3 aromatic rings. The maximum absolute atomic E-state index is 13.7. The first-order valence-electron chi connectivity index (χ1n) is 12.5. The molecule has 2 aromatic carbocycles. The number of hydrogen-bond donors (Lipinski definition) is 1. The third-order valence-electron chi connectivity index (χ3n) is 7.12. The number of morpholine rings is 1. The summed E-state index contributed by atoms with van der Waals surface area (Å²) < 4.78 is 28.1. The van der Waals surface area contributed by atoms with E-state index in [9.17, 15) is 9.50 Å². The first-order valence-corrected chi connectivity index (χ1v) is 12.5. The second kappa shape index (κ2) is 8.62. The first kappa shape index (κ1) is 23.5. The number of amidine groups is 1. The van der Waals surface area contributed by atoms with Crippen molar-refractivity contribution in [2.45, 2.75) is 51.0 Å². The number of ether oxygens (including phenoxy) is 2. The average molecular weight is 505 g/mol. The van der Waals surface area contributed by atoms with Crippen LogP contribution in [0.5, 0.6) is 5.75 Å². The van der Waals surface area contributed by atoms with Crippen LogP contribution in [0.1, 0.15) is 43.5 Å². The fraction of sp³-hybridized carbons (Fsp3) is 0.357. The van der Waals surface area contributed by atoms with E-state index in [2.05, 4.69) is 10.1 Å². The van der Waals surface area contributed by atoms with Gasteiger partial charge in [0, 0.05) is 11.8 Å². The molecule has 6 rings (SSSR count). The molecule has 1 spiro atoms. The van der Waals surface area contributed by atoms with E-state index < -0.39 is 11.8 Å². The minimum absolute atomic E-state index is 0.357. The SMILES string of the molecule is CCOc1cc(C=C2OC3(CC3)CN3C2=NOC3(c2ccc(F)cc2)C(C)O)ccc1-n1cnc(C)c1. The average Bonchev–Trinajstić information content (AvgIpc) is 3.28. The molecule has 8 nitrogen and oxygen atoms in total. The highest BCUT2D eigenvalue weighted by molar-refractivity contribution is 6.02. The van der Waals surface area contributed by atoms with E-state index in [0.717, 1.165) is 35.5 Å². The Morgan fingerprint density at radius 3 is 2.65 bits per heavy atom. The van der Waals surface area contributed by atoms with Gasteiger partial charge in [-0.25, -0.2) is 9.37 Å². The van der Waals surface area contributed by atoms with Crippen molar-refractivity contribution in [3.63, 3.8) is 0 Å². The van der Waals surface area contributed by atoms with Crippen LogP contribution in [0.4, 0.5) is 4.39 Å². The first-order chi connectivity index (χ1) is 17.8. The van der Waals surface area contributed by atoms with E-state index in [-0.39, 0.29) is 11.4 Å². The van der Waals surface area contributed by atoms with Gasteiger partial charge in [0.2, 0.25) is 5.84 Å². The largest absolute Gasteiger partial charge is 0.492 e. The molecule has 37 heavy (non-hydrogen) atoms. The highest BCUT2D eigenvalue weighted by Crippen LogP contribution is 2.51. The molecule has 1 saturated heterocycles. The maximum atomic E-state index is 13.7. The van der Waals surface area contributed by atoms with E-state index >= 15 is 0 Å². The van der Waals surface area contributed by atoms with Crippen LogP contribution in [0.25, 0.3) is 11.8 Å². The van der Waals surface area contributed by atoms with Crippen LogP contribution in [0.3, 0.4) is 0 Å². The van der Waals surface area contributed by atoms with Crippen LogP contribution >= 0.6 is 0 Å². The van der Waals surface area contributed by atoms with Crippen molar-refractivity contribution in [2.24, 2.45) is 5.16 Å². The number of benzene rings is 2. The molecule has 0 amide bonds. The van der Waals surface area contributed by atoms with Crippen LogP contribution in [0.2, 0.25) is 0 Å². The summed E-state index contributed by atoms with van der Waals surface area (Å²) in [4.78, 5) is 12.3. The summed E-state index contributed by atoms with van der Waals surface area (Å²) in [5.74, 6) is 1.42. The van der Waals surface area contributed by atoms with Gasteiger partial charge in [-0.05, 0) is 81.7 Å². The molecule has 1 aliphatic carbocycles. The predicted octanol–water partition coefficient (Wildman–Crippen LogP) is 4.50. The topological polar surface area (TPSA) is 81.3 Å². The van der Waals surface area contributed by atoms with Crippen molar-refractivity contribution in [1.82, 2.24) is 14.5 Å². The number of fused-ring (bicyclic) bond motifs is 1. The smallest absolute Gasteiger partial charge is 0.263 e. The van der Waals surface area contributed by atoms with Crippen LogP contribution < -0.4 is 4.74 Å². The van der Waals surface area contributed by atoms with Gasteiger partial charge in [-0.3, -0.25) is 0 Å². The van der Waals surface area contributed by atoms with Crippen molar-refractivity contribution in [2.75, 3.05) is 13.2 Å². The summed E-state index contributed by atoms with van der Waals surface area (Å²) in [5, 5.41) is 15.3. The Bertz CT molecular complexity index is 1390. The van der Waals surface area contributed by atoms with Gasteiger partial charge in [0.15, 0.2) is 5.76 Å². The van der Waals surface area contributed by atoms with E-state index in [1.54, 1.807) is 25.4 Å². The number of aryl methyl sites for hydroxylation is 1. The second-order valence-corrected chi connectivity index (χ2v) is 9.85. The minimum Gasteiger partial charge on any atom is -0.492 e. The molecule has 9 heteroatoms. The number of imidazole rings is 1. The zero-order chi connectivity index (χ0) is 25.8. The quantitative estimate of drug-likeness (QED) is 0.532. The Morgan fingerprint density at radius 2 is 2.00 bits per heavy atom. The van der Waals surface area contributed by atoms with Gasteiger partial charge in [0.25, 0.3) is 5.72 Å². The van der Waals surface area contributed by atoms with Gasteiger partial charge in [-0.1, -0.05) is 11.2 Å². The summed E-state index contributed by atoms with van der Waals surface area (Å²) in [6.45, 7) is 6.57. The standard InChI is InChI=1S/C28H29FN4O4/c1-4-35-24-13-20(5-10-23(24)32-15-18(2)30-17-32)14-25-26-31-37-28(19(3)34,21-6-8-22(29)9-7-21)33(26)16-27(36-25)11-12-27/h5-10,13-15,17,19,34H,4,11-12,16H2,1-3H3. The van der Waals surface area contributed by atoms with Gasteiger partial charge in [-0.2, -0.15) is 0 Å². The van der Waals surface area contributed by atoms with Crippen molar-refractivity contribution < 1.29 is 23.8 Å². The molecule has 3 heterocycles. The maximum Gasteiger partial charge on any atom is 0.263 e. The number of aromatic nitrogens is 2. The van der Waals surface area contributed by atoms with Crippen molar-refractivity contribution in [1.29, 1.82) is 0 Å². The summed E-state index contributed by atoms with van der Waals surface area (Å²) in [5.41, 5.74) is 1.65. The van der Waals surface area contributed by atoms with E-state index in [1.165, 1.54) is 12.1 Å². The Balaban J connectivity index is 1.40. The lowest BCUT2D eigenvalue weighted by molar-refractivity contribution is -0.182. The fourth-order valence-electron chi connectivity index (χ4n) is 5.08. The lowest BCUT2D eigenvalue weighted by Crippen LogP contribution is -2.58. The third kappa shape index (κ3) is 3.94. The van der Waals surface area contributed by atoms with Gasteiger partial charge >= 0.3 is 0 Å². The second-order valence-electron chi connectivity index (χ2n) is 9.85. The molecule has 3 aliphatic rings. The van der Waals surface area contributed by atoms with Gasteiger partial charge in [0.1, 0.15) is 23.3 Å². The monoisotopic (exact) mass is 504 g/mol. The molecule has 192 valence electrons. The number of nitrogens with zero attached hydrogens (tertiary/aromatic N) is 4. The molecular formula is C28H29FN4O4. The van der Waals surface area contributed by atoms with Crippen molar-refractivity contribution >= 4 is 11.9 Å². The highest BCUT2D eigenvalue weighted by atomic mass is 19.1. The molecule has 2 unspecified atom stereocenters. The molecule has 1 N–H and O–H groups in total. The summed E-state index contributed by atoms with van der Waals surface area (Å²) in [7, 11) is 0. The van der Waals surface area contributed by atoms with Crippen LogP contribution in [0.15, 0.2) is 65.9 Å². The molecule has 1 aromatic heterocycles. The molecular weight excluding hydrogens is 475 g/mol. The number of aliphatic hydroxyl groups excluding tert-OH is 1. The number of rotatable bonds is 6. The number of oxime groups is 1. The van der Waals surface area contributed by atoms with Crippen LogP contribution in [-0.2, 0) is 15.3 Å². The molecule has 1 saturated carbocycles. The van der Waals surface area contributed by atoms with Crippen molar-refractivity contribution in [3.05, 3.63) is 83.4 Å². The lowest BCUT2D eigenvalue weighted by Gasteiger charge is -2.44. The van der Waals surface area contributed by atoms with Crippen LogP contribution in [-0.4, -0.2) is 50.2 Å². The Morgan fingerprint density at radius 1 is 1.22 bits per heavy atom. The summed E-state index contributed by atoms with van der Waals surface area (Å²) >= 11 is 0. The summed E-state index contributed by atoms with van der Waals surface area (Å²) in [6.07, 6.45) is 6.46. The van der Waals surface area contributed by atoms with Gasteiger partial charge < -0.3 is 28.9 Å². The highest BCUT2D eigenvalue weighted by Gasteiger charge is 2.61. The molecule has 2 atom stereocenters. The van der Waals surface area contributed by atoms with Gasteiger partial charge in [0.05, 0.1) is 30.9 Å². The lowest BCUT2D eigenvalue weighted by atomic mass is 9.94.